The SMILES string of the molecule is COc1cc(C=CC(=O)N2CCCCC2)ccc1OC1CCN(C2CCC2)CC1.O=C(O)[C@H](O)[C@@H](O)C(=O)O. The highest BCUT2D eigenvalue weighted by Crippen LogP contribution is 2.33. The number of carbonyl (C=O) groups excluding carboxylic acids is 1. The highest BCUT2D eigenvalue weighted by molar-refractivity contribution is 5.92. The fourth-order valence-corrected chi connectivity index (χ4v) is 4.83. The minimum absolute atomic E-state index is 0.0993. The first kappa shape index (κ1) is 30.4. The molecule has 0 unspecified atom stereocenters. The summed E-state index contributed by atoms with van der Waals surface area (Å²) in [6.45, 7) is 4.02. The first-order chi connectivity index (χ1) is 18.7. The number of carboxylic acids is 2. The second-order valence-corrected chi connectivity index (χ2v) is 10.1. The van der Waals surface area contributed by atoms with Gasteiger partial charge in [0.15, 0.2) is 23.7 Å². The van der Waals surface area contributed by atoms with Gasteiger partial charge in [-0.05, 0) is 68.7 Å². The zero-order chi connectivity index (χ0) is 28.4. The van der Waals surface area contributed by atoms with Gasteiger partial charge in [0.05, 0.1) is 7.11 Å². The predicted molar refractivity (Wildman–Crippen MR) is 143 cm³/mol. The van der Waals surface area contributed by atoms with E-state index in [1.54, 1.807) is 13.2 Å². The molecule has 1 amide bonds. The van der Waals surface area contributed by atoms with Crippen molar-refractivity contribution in [3.63, 3.8) is 0 Å². The summed E-state index contributed by atoms with van der Waals surface area (Å²) in [6, 6.07) is 6.76. The van der Waals surface area contributed by atoms with Crippen molar-refractivity contribution in [2.24, 2.45) is 0 Å². The molecule has 1 saturated carbocycles. The zero-order valence-corrected chi connectivity index (χ0v) is 22.4. The van der Waals surface area contributed by atoms with Gasteiger partial charge in [0.25, 0.3) is 0 Å². The molecule has 4 rings (SSSR count). The number of rotatable bonds is 9. The Balaban J connectivity index is 0.000000360. The molecule has 0 aromatic heterocycles. The van der Waals surface area contributed by atoms with Crippen LogP contribution in [0, 0.1) is 0 Å². The van der Waals surface area contributed by atoms with E-state index in [2.05, 4.69) is 4.90 Å². The number of aliphatic carboxylic acids is 2. The number of likely N-dealkylation sites (tertiary alicyclic amines) is 2. The smallest absolute Gasteiger partial charge is 0.335 e. The van der Waals surface area contributed by atoms with Gasteiger partial charge in [-0.25, -0.2) is 9.59 Å². The van der Waals surface area contributed by atoms with E-state index in [-0.39, 0.29) is 12.0 Å². The van der Waals surface area contributed by atoms with Gasteiger partial charge in [-0.2, -0.15) is 0 Å². The Morgan fingerprint density at radius 1 is 0.872 bits per heavy atom. The minimum atomic E-state index is -2.27. The molecule has 2 aliphatic heterocycles. The average Bonchev–Trinajstić information content (AvgIpc) is 2.92. The quantitative estimate of drug-likeness (QED) is 0.337. The van der Waals surface area contributed by atoms with Gasteiger partial charge in [-0.3, -0.25) is 4.79 Å². The van der Waals surface area contributed by atoms with E-state index in [1.165, 1.54) is 25.7 Å². The topological polar surface area (TPSA) is 157 Å². The van der Waals surface area contributed by atoms with Gasteiger partial charge in [0.2, 0.25) is 5.91 Å². The van der Waals surface area contributed by atoms with Gasteiger partial charge >= 0.3 is 11.9 Å². The van der Waals surface area contributed by atoms with Crippen LogP contribution < -0.4 is 9.47 Å². The molecule has 0 radical (unpaired) electrons. The van der Waals surface area contributed by atoms with Gasteiger partial charge in [-0.15, -0.1) is 0 Å². The Labute approximate surface area is 228 Å². The molecule has 1 aromatic carbocycles. The number of methoxy groups -OCH3 is 1. The van der Waals surface area contributed by atoms with Crippen LogP contribution in [0.2, 0.25) is 0 Å². The summed E-state index contributed by atoms with van der Waals surface area (Å²) in [4.78, 5) is 36.4. The molecule has 2 atom stereocenters. The molecule has 2 saturated heterocycles. The molecule has 0 bridgehead atoms. The van der Waals surface area contributed by atoms with Crippen molar-refractivity contribution >= 4 is 23.9 Å². The van der Waals surface area contributed by atoms with Crippen molar-refractivity contribution in [1.82, 2.24) is 9.80 Å². The molecule has 2 heterocycles. The summed E-state index contributed by atoms with van der Waals surface area (Å²) in [6.07, 6.45) is 9.00. The first-order valence-corrected chi connectivity index (χ1v) is 13.6. The Morgan fingerprint density at radius 2 is 1.49 bits per heavy atom. The fraction of sp³-hybridized carbons (Fsp3) is 0.607. The molecule has 4 N–H and O–H groups in total. The van der Waals surface area contributed by atoms with E-state index in [1.807, 2.05) is 29.2 Å². The van der Waals surface area contributed by atoms with E-state index >= 15 is 0 Å². The third kappa shape index (κ3) is 8.94. The Bertz CT molecular complexity index is 979. The number of ether oxygens (including phenoxy) is 2. The van der Waals surface area contributed by atoms with Crippen molar-refractivity contribution in [3.8, 4) is 11.5 Å². The second kappa shape index (κ2) is 14.9. The number of nitrogens with zero attached hydrogens (tertiary/aromatic N) is 2. The molecule has 0 spiro atoms. The number of carboxylic acid groups (broad SMARTS) is 2. The maximum Gasteiger partial charge on any atom is 0.335 e. The van der Waals surface area contributed by atoms with E-state index in [0.29, 0.717) is 0 Å². The lowest BCUT2D eigenvalue weighted by Gasteiger charge is -2.41. The van der Waals surface area contributed by atoms with E-state index in [4.69, 9.17) is 29.9 Å². The van der Waals surface area contributed by atoms with Crippen molar-refractivity contribution in [1.29, 1.82) is 0 Å². The fourth-order valence-electron chi connectivity index (χ4n) is 4.83. The number of amides is 1. The Hall–Kier alpha value is -3.15. The number of piperidine rings is 2. The highest BCUT2D eigenvalue weighted by atomic mass is 16.5. The zero-order valence-electron chi connectivity index (χ0n) is 22.4. The van der Waals surface area contributed by atoms with Crippen molar-refractivity contribution in [3.05, 3.63) is 29.8 Å². The third-order valence-corrected chi connectivity index (χ3v) is 7.44. The monoisotopic (exact) mass is 548 g/mol. The molecule has 11 nitrogen and oxygen atoms in total. The summed E-state index contributed by atoms with van der Waals surface area (Å²) in [5.41, 5.74) is 0.958. The second-order valence-electron chi connectivity index (χ2n) is 10.1. The normalized spacial score (nSPS) is 20.3. The van der Waals surface area contributed by atoms with Gasteiger partial charge in [0, 0.05) is 38.3 Å². The summed E-state index contributed by atoms with van der Waals surface area (Å²) in [5.74, 6) is -1.90. The van der Waals surface area contributed by atoms with Crippen LogP contribution >= 0.6 is 0 Å². The number of carbonyl (C=O) groups is 3. The molecular weight excluding hydrogens is 508 g/mol. The van der Waals surface area contributed by atoms with Gasteiger partial charge in [0.1, 0.15) is 6.10 Å². The Kier molecular flexibility index (Phi) is 11.6. The minimum Gasteiger partial charge on any atom is -0.493 e. The summed E-state index contributed by atoms with van der Waals surface area (Å²) in [7, 11) is 1.67. The molecule has 1 aromatic rings. The van der Waals surface area contributed by atoms with Crippen molar-refractivity contribution in [2.45, 2.75) is 75.7 Å². The molecule has 11 heteroatoms. The molecule has 3 aliphatic rings. The maximum atomic E-state index is 12.3. The molecule has 1 aliphatic carbocycles. The number of hydrogen-bond donors (Lipinski definition) is 4. The third-order valence-electron chi connectivity index (χ3n) is 7.44. The van der Waals surface area contributed by atoms with E-state index in [9.17, 15) is 14.4 Å². The van der Waals surface area contributed by atoms with Crippen LogP contribution in [0.1, 0.15) is 56.9 Å². The molecule has 216 valence electrons. The first-order valence-electron chi connectivity index (χ1n) is 13.6. The van der Waals surface area contributed by atoms with Gasteiger partial charge < -0.3 is 39.7 Å². The standard InChI is InChI=1S/C24H34N2O3.C4H6O6/c1-28-23-18-19(9-11-24(27)26-14-3-2-4-15-26)8-10-22(23)29-21-12-16-25(17-13-21)20-6-5-7-20;5-1(3(7)8)2(6)4(9)10/h8-11,18,20-21H,2-7,12-17H2,1H3;1-2,5-6H,(H,7,8)(H,9,10)/t;1-,2-/m.1/s1. The predicted octanol–water partition coefficient (Wildman–Crippen LogP) is 1.99. The number of aliphatic hydroxyl groups is 2. The number of benzene rings is 1. The van der Waals surface area contributed by atoms with Crippen LogP contribution in [0.3, 0.4) is 0 Å². The highest BCUT2D eigenvalue weighted by Gasteiger charge is 2.30. The molecule has 3 fully saturated rings. The number of aliphatic hydroxyl groups excluding tert-OH is 2. The largest absolute Gasteiger partial charge is 0.493 e. The summed E-state index contributed by atoms with van der Waals surface area (Å²) < 4.78 is 11.9. The lowest BCUT2D eigenvalue weighted by molar-refractivity contribution is -0.165. The van der Waals surface area contributed by atoms with Gasteiger partial charge in [-0.1, -0.05) is 12.5 Å². The van der Waals surface area contributed by atoms with Crippen LogP contribution in [-0.4, -0.2) is 106 Å². The van der Waals surface area contributed by atoms with Crippen LogP contribution in [0.5, 0.6) is 11.5 Å². The molecule has 39 heavy (non-hydrogen) atoms. The van der Waals surface area contributed by atoms with Crippen LogP contribution in [0.15, 0.2) is 24.3 Å². The van der Waals surface area contributed by atoms with Crippen molar-refractivity contribution < 1.29 is 44.3 Å². The van der Waals surface area contributed by atoms with E-state index in [0.717, 1.165) is 75.0 Å². The average molecular weight is 549 g/mol. The number of hydrogen-bond acceptors (Lipinski definition) is 8. The van der Waals surface area contributed by atoms with E-state index < -0.39 is 24.1 Å². The lowest BCUT2D eigenvalue weighted by Crippen LogP contribution is -2.46. The maximum absolute atomic E-state index is 12.3. The summed E-state index contributed by atoms with van der Waals surface area (Å²) in [5, 5.41) is 32.5. The van der Waals surface area contributed by atoms with Crippen LogP contribution in [0.4, 0.5) is 0 Å². The van der Waals surface area contributed by atoms with Crippen molar-refractivity contribution in [2.75, 3.05) is 33.3 Å². The molecular formula is C28H40N2O9. The van der Waals surface area contributed by atoms with Crippen LogP contribution in [-0.2, 0) is 14.4 Å². The van der Waals surface area contributed by atoms with Crippen LogP contribution in [0.25, 0.3) is 6.08 Å². The lowest BCUT2D eigenvalue weighted by atomic mass is 9.90. The Morgan fingerprint density at radius 3 is 2.00 bits per heavy atom. The summed E-state index contributed by atoms with van der Waals surface area (Å²) >= 11 is 0.